The van der Waals surface area contributed by atoms with Crippen LogP contribution in [0.2, 0.25) is 0 Å². The molecule has 0 N–H and O–H groups in total. The molecule has 6 nitrogen and oxygen atoms in total. The molecule has 0 saturated carbocycles. The Bertz CT molecular complexity index is 1300. The summed E-state index contributed by atoms with van der Waals surface area (Å²) in [6, 6.07) is 5.10. The Morgan fingerprint density at radius 3 is 2.68 bits per heavy atom. The van der Waals surface area contributed by atoms with E-state index in [-0.39, 0.29) is 11.9 Å². The van der Waals surface area contributed by atoms with Crippen molar-refractivity contribution in [1.29, 1.82) is 0 Å². The maximum absolute atomic E-state index is 14.4. The van der Waals surface area contributed by atoms with Gasteiger partial charge in [-0.25, -0.2) is 4.39 Å². The lowest BCUT2D eigenvalue weighted by Crippen LogP contribution is -2.39. The molecule has 1 amide bonds. The van der Waals surface area contributed by atoms with Crippen molar-refractivity contribution in [2.24, 2.45) is 11.8 Å². The summed E-state index contributed by atoms with van der Waals surface area (Å²) in [4.78, 5) is 22.2. The number of halogens is 1. The number of nitrogens with zero attached hydrogens (tertiary/aromatic N) is 4. The topological polar surface area (TPSA) is 50.6 Å². The van der Waals surface area contributed by atoms with Gasteiger partial charge in [-0.3, -0.25) is 9.78 Å². The highest BCUT2D eigenvalue weighted by Gasteiger charge is 2.32. The van der Waals surface area contributed by atoms with Gasteiger partial charge in [0, 0.05) is 56.7 Å². The number of aryl methyl sites for hydroxylation is 1. The zero-order chi connectivity index (χ0) is 27.0. The lowest BCUT2D eigenvalue weighted by molar-refractivity contribution is 0.0348. The summed E-state index contributed by atoms with van der Waals surface area (Å²) in [7, 11) is 1.76. The minimum absolute atomic E-state index is 0.00772. The molecule has 4 heterocycles. The van der Waals surface area contributed by atoms with Crippen molar-refractivity contribution in [3.63, 3.8) is 0 Å². The molecule has 3 aromatic rings. The fourth-order valence-corrected chi connectivity index (χ4v) is 6.32. The van der Waals surface area contributed by atoms with Crippen molar-refractivity contribution in [2.75, 3.05) is 33.4 Å². The van der Waals surface area contributed by atoms with Gasteiger partial charge in [-0.1, -0.05) is 0 Å². The standard InChI is InChI=1S/C31H41FN4O2/c1-20(2)34(5)31(37)27-15-26(32)6-7-28(27)36-19-25(30-21(3)16-33-17-29(30)36)14-23-8-11-35(18-23)22(4)24-9-12-38-13-10-24/h6-7,15-17,19-20,22-24H,8-14,18H2,1-5H3/t22?,23-/m1/s1. The third-order valence-corrected chi connectivity index (χ3v) is 8.87. The van der Waals surface area contributed by atoms with E-state index in [0.717, 1.165) is 62.6 Å². The van der Waals surface area contributed by atoms with Crippen LogP contribution in [0.5, 0.6) is 0 Å². The van der Waals surface area contributed by atoms with E-state index >= 15 is 0 Å². The largest absolute Gasteiger partial charge is 0.381 e. The average molecular weight is 521 g/mol. The van der Waals surface area contributed by atoms with E-state index in [1.54, 1.807) is 18.0 Å². The van der Waals surface area contributed by atoms with Crippen LogP contribution in [0.1, 0.15) is 61.5 Å². The summed E-state index contributed by atoms with van der Waals surface area (Å²) in [6.45, 7) is 12.4. The zero-order valence-electron chi connectivity index (χ0n) is 23.4. The van der Waals surface area contributed by atoms with Crippen molar-refractivity contribution in [3.8, 4) is 5.69 Å². The molecule has 2 aliphatic rings. The van der Waals surface area contributed by atoms with Crippen LogP contribution in [-0.4, -0.2) is 70.7 Å². The van der Waals surface area contributed by atoms with Gasteiger partial charge in [0.05, 0.1) is 23.0 Å². The lowest BCUT2D eigenvalue weighted by atomic mass is 9.92. The second-order valence-electron chi connectivity index (χ2n) is 11.6. The lowest BCUT2D eigenvalue weighted by Gasteiger charge is -2.34. The van der Waals surface area contributed by atoms with E-state index in [1.807, 2.05) is 30.8 Å². The first-order valence-corrected chi connectivity index (χ1v) is 14.1. The average Bonchev–Trinajstić information content (AvgIpc) is 3.53. The van der Waals surface area contributed by atoms with E-state index in [4.69, 9.17) is 4.74 Å². The molecule has 2 aliphatic heterocycles. The molecule has 2 atom stereocenters. The Kier molecular flexibility index (Phi) is 7.87. The molecule has 38 heavy (non-hydrogen) atoms. The van der Waals surface area contributed by atoms with Crippen LogP contribution < -0.4 is 0 Å². The highest BCUT2D eigenvalue weighted by Crippen LogP contribution is 2.34. The van der Waals surface area contributed by atoms with E-state index in [2.05, 4.69) is 29.9 Å². The highest BCUT2D eigenvalue weighted by atomic mass is 19.1. The van der Waals surface area contributed by atoms with E-state index in [1.165, 1.54) is 29.5 Å². The minimum atomic E-state index is -0.412. The van der Waals surface area contributed by atoms with Crippen molar-refractivity contribution < 1.29 is 13.9 Å². The number of carbonyl (C=O) groups is 1. The number of aromatic nitrogens is 2. The number of ether oxygens (including phenoxy) is 1. The summed E-state index contributed by atoms with van der Waals surface area (Å²) in [6.07, 6.45) is 10.4. The Hall–Kier alpha value is -2.77. The van der Waals surface area contributed by atoms with Gasteiger partial charge in [0.25, 0.3) is 5.91 Å². The van der Waals surface area contributed by atoms with Gasteiger partial charge in [0.15, 0.2) is 0 Å². The zero-order valence-corrected chi connectivity index (χ0v) is 23.4. The first kappa shape index (κ1) is 26.8. The fourth-order valence-electron chi connectivity index (χ4n) is 6.32. The number of hydrogen-bond donors (Lipinski definition) is 0. The second-order valence-corrected chi connectivity index (χ2v) is 11.6. The molecule has 0 bridgehead atoms. The fraction of sp³-hybridized carbons (Fsp3) is 0.548. The Morgan fingerprint density at radius 2 is 1.95 bits per heavy atom. The number of rotatable bonds is 7. The molecule has 1 unspecified atom stereocenters. The van der Waals surface area contributed by atoms with Gasteiger partial charge in [-0.2, -0.15) is 0 Å². The van der Waals surface area contributed by atoms with Gasteiger partial charge in [-0.15, -0.1) is 0 Å². The molecule has 1 aromatic carbocycles. The number of likely N-dealkylation sites (tertiary alicyclic amines) is 1. The number of benzene rings is 1. The molecule has 0 aliphatic carbocycles. The Labute approximate surface area is 225 Å². The predicted molar refractivity (Wildman–Crippen MR) is 149 cm³/mol. The summed E-state index contributed by atoms with van der Waals surface area (Å²) in [5, 5.41) is 1.19. The normalized spacial score (nSPS) is 19.9. The van der Waals surface area contributed by atoms with Crippen LogP contribution >= 0.6 is 0 Å². The van der Waals surface area contributed by atoms with Crippen molar-refractivity contribution in [3.05, 3.63) is 59.3 Å². The van der Waals surface area contributed by atoms with Crippen molar-refractivity contribution >= 4 is 16.8 Å². The van der Waals surface area contributed by atoms with Gasteiger partial charge >= 0.3 is 0 Å². The van der Waals surface area contributed by atoms with Crippen molar-refractivity contribution in [2.45, 2.75) is 65.5 Å². The third kappa shape index (κ3) is 5.23. The highest BCUT2D eigenvalue weighted by molar-refractivity contribution is 5.99. The third-order valence-electron chi connectivity index (χ3n) is 8.87. The van der Waals surface area contributed by atoms with Crippen molar-refractivity contribution in [1.82, 2.24) is 19.4 Å². The summed E-state index contributed by atoms with van der Waals surface area (Å²) in [5.74, 6) is 0.693. The molecule has 0 radical (unpaired) electrons. The molecular formula is C31H41FN4O2. The van der Waals surface area contributed by atoms with Crippen LogP contribution in [0.15, 0.2) is 36.8 Å². The smallest absolute Gasteiger partial charge is 0.256 e. The number of hydrogen-bond acceptors (Lipinski definition) is 4. The van der Waals surface area contributed by atoms with Gasteiger partial charge in [-0.05, 0) is 101 Å². The molecule has 2 aromatic heterocycles. The molecule has 7 heteroatoms. The number of fused-ring (bicyclic) bond motifs is 1. The van der Waals surface area contributed by atoms with Gasteiger partial charge < -0.3 is 19.1 Å². The monoisotopic (exact) mass is 520 g/mol. The molecule has 0 spiro atoms. The first-order valence-electron chi connectivity index (χ1n) is 14.1. The molecule has 204 valence electrons. The summed E-state index contributed by atoms with van der Waals surface area (Å²) in [5.41, 5.74) is 4.40. The quantitative estimate of drug-likeness (QED) is 0.405. The Morgan fingerprint density at radius 1 is 1.18 bits per heavy atom. The maximum Gasteiger partial charge on any atom is 0.256 e. The molecule has 5 rings (SSSR count). The van der Waals surface area contributed by atoms with E-state index in [0.29, 0.717) is 23.2 Å². The molecule has 2 saturated heterocycles. The summed E-state index contributed by atoms with van der Waals surface area (Å²) < 4.78 is 22.0. The second kappa shape index (κ2) is 11.1. The number of pyridine rings is 1. The van der Waals surface area contributed by atoms with Gasteiger partial charge in [0.2, 0.25) is 0 Å². The van der Waals surface area contributed by atoms with Crippen LogP contribution in [0, 0.1) is 24.6 Å². The van der Waals surface area contributed by atoms with Crippen LogP contribution in [0.4, 0.5) is 4.39 Å². The summed E-state index contributed by atoms with van der Waals surface area (Å²) >= 11 is 0. The maximum atomic E-state index is 14.4. The predicted octanol–water partition coefficient (Wildman–Crippen LogP) is 5.63. The van der Waals surface area contributed by atoms with Gasteiger partial charge in [0.1, 0.15) is 5.82 Å². The SMILES string of the molecule is Cc1cncc2c1c(C[C@H]1CCN(C(C)C3CCOCC3)C1)cn2-c1ccc(F)cc1C(=O)N(C)C(C)C. The molecular weight excluding hydrogens is 479 g/mol. The van der Waals surface area contributed by atoms with E-state index in [9.17, 15) is 9.18 Å². The van der Waals surface area contributed by atoms with Crippen LogP contribution in [-0.2, 0) is 11.2 Å². The Balaban J connectivity index is 1.46. The van der Waals surface area contributed by atoms with E-state index < -0.39 is 5.82 Å². The first-order chi connectivity index (χ1) is 18.2. The van der Waals surface area contributed by atoms with Crippen LogP contribution in [0.3, 0.4) is 0 Å². The molecule has 2 fully saturated rings. The minimum Gasteiger partial charge on any atom is -0.381 e. The number of amides is 1. The number of carbonyl (C=O) groups excluding carboxylic acids is 1. The van der Waals surface area contributed by atoms with Crippen LogP contribution in [0.25, 0.3) is 16.6 Å².